The number of halogens is 3. The lowest BCUT2D eigenvalue weighted by atomic mass is 10.1. The fourth-order valence-electron chi connectivity index (χ4n) is 4.23. The van der Waals surface area contributed by atoms with Gasteiger partial charge in [0.15, 0.2) is 4.80 Å². The highest BCUT2D eigenvalue weighted by molar-refractivity contribution is 7.09. The van der Waals surface area contributed by atoms with E-state index in [2.05, 4.69) is 16.8 Å². The number of hydrogen-bond acceptors (Lipinski definition) is 4. The van der Waals surface area contributed by atoms with Crippen molar-refractivity contribution >= 4 is 23.2 Å². The Balaban J connectivity index is 1.53. The molecule has 2 amide bonds. The average Bonchev–Trinajstić information content (AvgIpc) is 3.15. The number of carbonyl (C=O) groups excluding carboxylic acids is 2. The number of piperazine rings is 1. The molecule has 6 nitrogen and oxygen atoms in total. The van der Waals surface area contributed by atoms with E-state index in [1.54, 1.807) is 0 Å². The Hall–Kier alpha value is -3.24. The van der Waals surface area contributed by atoms with Crippen molar-refractivity contribution in [3.05, 3.63) is 86.2 Å². The van der Waals surface area contributed by atoms with E-state index in [9.17, 15) is 22.8 Å². The number of carbonyl (C=O) groups is 2. The summed E-state index contributed by atoms with van der Waals surface area (Å²) in [5.74, 6) is -0.717. The molecule has 1 saturated heterocycles. The Morgan fingerprint density at radius 3 is 2.27 bits per heavy atom. The maximum Gasteiger partial charge on any atom is 0.416 e. The standard InChI is InChI=1S/C27H29F3N4O2S/c1-4-32-12-14-33(15-13-32)25(36)21-10-8-20(9-11-21)17-34-18(2)19(3)37-26(34)31-24(35)22-6-5-7-23(16-22)27(28,29)30/h5-11,16H,4,12-15,17H2,1-3H3. The molecule has 1 aliphatic rings. The van der Waals surface area contributed by atoms with E-state index in [4.69, 9.17) is 0 Å². The normalized spacial score (nSPS) is 15.3. The number of aryl methyl sites for hydroxylation is 1. The molecule has 2 aromatic carbocycles. The highest BCUT2D eigenvalue weighted by Crippen LogP contribution is 2.29. The monoisotopic (exact) mass is 530 g/mol. The first kappa shape index (κ1) is 26.8. The van der Waals surface area contributed by atoms with Crippen LogP contribution in [0.4, 0.5) is 13.2 Å². The predicted octanol–water partition coefficient (Wildman–Crippen LogP) is 4.75. The molecule has 0 atom stereocenters. The molecule has 0 bridgehead atoms. The lowest BCUT2D eigenvalue weighted by Crippen LogP contribution is -2.48. The first-order chi connectivity index (χ1) is 17.6. The zero-order valence-corrected chi connectivity index (χ0v) is 21.8. The van der Waals surface area contributed by atoms with Crippen molar-refractivity contribution in [1.82, 2.24) is 14.4 Å². The smallest absolute Gasteiger partial charge is 0.336 e. The summed E-state index contributed by atoms with van der Waals surface area (Å²) in [5.41, 5.74) is 1.45. The minimum Gasteiger partial charge on any atom is -0.336 e. The van der Waals surface area contributed by atoms with E-state index in [1.807, 2.05) is 47.6 Å². The number of alkyl halides is 3. The number of hydrogen-bond donors (Lipinski definition) is 0. The van der Waals surface area contributed by atoms with Crippen LogP contribution < -0.4 is 4.80 Å². The molecule has 4 rings (SSSR count). The van der Waals surface area contributed by atoms with E-state index in [1.165, 1.54) is 23.5 Å². The molecule has 0 radical (unpaired) electrons. The van der Waals surface area contributed by atoms with Gasteiger partial charge in [0.1, 0.15) is 0 Å². The topological polar surface area (TPSA) is 57.9 Å². The first-order valence-electron chi connectivity index (χ1n) is 12.1. The molecule has 37 heavy (non-hydrogen) atoms. The fourth-order valence-corrected chi connectivity index (χ4v) is 5.21. The highest BCUT2D eigenvalue weighted by Gasteiger charge is 2.31. The van der Waals surface area contributed by atoms with Gasteiger partial charge in [-0.3, -0.25) is 9.59 Å². The number of aromatic nitrogens is 1. The third kappa shape index (κ3) is 6.19. The molecule has 0 spiro atoms. The Morgan fingerprint density at radius 1 is 0.973 bits per heavy atom. The van der Waals surface area contributed by atoms with Crippen LogP contribution in [-0.4, -0.2) is 58.9 Å². The molecule has 3 aromatic rings. The molecule has 1 fully saturated rings. The van der Waals surface area contributed by atoms with E-state index >= 15 is 0 Å². The predicted molar refractivity (Wildman–Crippen MR) is 137 cm³/mol. The van der Waals surface area contributed by atoms with Crippen molar-refractivity contribution in [2.45, 2.75) is 33.5 Å². The van der Waals surface area contributed by atoms with Gasteiger partial charge in [-0.25, -0.2) is 0 Å². The van der Waals surface area contributed by atoms with Crippen LogP contribution in [0.25, 0.3) is 0 Å². The molecule has 1 aliphatic heterocycles. The molecule has 0 unspecified atom stereocenters. The van der Waals surface area contributed by atoms with Gasteiger partial charge in [-0.15, -0.1) is 11.3 Å². The van der Waals surface area contributed by atoms with Crippen LogP contribution in [0.5, 0.6) is 0 Å². The Morgan fingerprint density at radius 2 is 1.65 bits per heavy atom. The molecule has 2 heterocycles. The summed E-state index contributed by atoms with van der Waals surface area (Å²) in [6.07, 6.45) is -4.54. The molecule has 10 heteroatoms. The summed E-state index contributed by atoms with van der Waals surface area (Å²) in [5, 5.41) is 0. The second-order valence-electron chi connectivity index (χ2n) is 9.03. The third-order valence-electron chi connectivity index (χ3n) is 6.67. The maximum absolute atomic E-state index is 13.1. The summed E-state index contributed by atoms with van der Waals surface area (Å²) in [6.45, 7) is 10.5. The van der Waals surface area contributed by atoms with Gasteiger partial charge in [-0.05, 0) is 56.3 Å². The van der Waals surface area contributed by atoms with Crippen LogP contribution in [-0.2, 0) is 12.7 Å². The molecule has 0 aliphatic carbocycles. The van der Waals surface area contributed by atoms with Crippen molar-refractivity contribution < 1.29 is 22.8 Å². The van der Waals surface area contributed by atoms with Crippen molar-refractivity contribution in [3.8, 4) is 0 Å². The summed E-state index contributed by atoms with van der Waals surface area (Å²) in [7, 11) is 0. The maximum atomic E-state index is 13.1. The number of amides is 2. The van der Waals surface area contributed by atoms with Gasteiger partial charge in [0.2, 0.25) is 0 Å². The first-order valence-corrected chi connectivity index (χ1v) is 12.9. The zero-order chi connectivity index (χ0) is 26.7. The number of nitrogens with zero attached hydrogens (tertiary/aromatic N) is 4. The van der Waals surface area contributed by atoms with Gasteiger partial charge >= 0.3 is 6.18 Å². The lowest BCUT2D eigenvalue weighted by molar-refractivity contribution is -0.137. The van der Waals surface area contributed by atoms with Crippen molar-refractivity contribution in [2.24, 2.45) is 4.99 Å². The fraction of sp³-hybridized carbons (Fsp3) is 0.370. The highest BCUT2D eigenvalue weighted by atomic mass is 32.1. The van der Waals surface area contributed by atoms with Gasteiger partial charge < -0.3 is 14.4 Å². The van der Waals surface area contributed by atoms with Crippen molar-refractivity contribution in [1.29, 1.82) is 0 Å². The van der Waals surface area contributed by atoms with E-state index in [0.717, 1.165) is 47.9 Å². The van der Waals surface area contributed by atoms with Crippen LogP contribution in [0, 0.1) is 13.8 Å². The number of thiazole rings is 1. The van der Waals surface area contributed by atoms with Gasteiger partial charge in [0.25, 0.3) is 11.8 Å². The van der Waals surface area contributed by atoms with Crippen molar-refractivity contribution in [2.75, 3.05) is 32.7 Å². The largest absolute Gasteiger partial charge is 0.416 e. The van der Waals surface area contributed by atoms with Gasteiger partial charge in [0.05, 0.1) is 12.1 Å². The zero-order valence-electron chi connectivity index (χ0n) is 21.0. The summed E-state index contributed by atoms with van der Waals surface area (Å²) in [4.78, 5) is 35.4. The van der Waals surface area contributed by atoms with E-state index < -0.39 is 17.6 Å². The minimum atomic E-state index is -4.54. The number of likely N-dealkylation sites (N-methyl/N-ethyl adjacent to an activating group) is 1. The summed E-state index contributed by atoms with van der Waals surface area (Å²) in [6, 6.07) is 11.7. The van der Waals surface area contributed by atoms with E-state index in [0.29, 0.717) is 30.0 Å². The average molecular weight is 531 g/mol. The van der Waals surface area contributed by atoms with Crippen LogP contribution in [0.2, 0.25) is 0 Å². The van der Waals surface area contributed by atoms with Gasteiger partial charge in [-0.2, -0.15) is 18.2 Å². The quantitative estimate of drug-likeness (QED) is 0.478. The Kier molecular flexibility index (Phi) is 7.99. The van der Waals surface area contributed by atoms with Crippen LogP contribution in [0.3, 0.4) is 0 Å². The molecular formula is C27H29F3N4O2S. The summed E-state index contributed by atoms with van der Waals surface area (Å²) >= 11 is 1.31. The lowest BCUT2D eigenvalue weighted by Gasteiger charge is -2.34. The Bertz CT molecular complexity index is 1350. The van der Waals surface area contributed by atoms with Gasteiger partial charge in [-0.1, -0.05) is 25.1 Å². The van der Waals surface area contributed by atoms with Crippen LogP contribution in [0.1, 0.15) is 49.3 Å². The number of benzene rings is 2. The third-order valence-corrected chi connectivity index (χ3v) is 7.77. The molecule has 0 N–H and O–H groups in total. The molecular weight excluding hydrogens is 501 g/mol. The van der Waals surface area contributed by atoms with Crippen LogP contribution in [0.15, 0.2) is 53.5 Å². The van der Waals surface area contributed by atoms with Crippen molar-refractivity contribution in [3.63, 3.8) is 0 Å². The molecule has 196 valence electrons. The SMILES string of the molecule is CCN1CCN(C(=O)c2ccc(Cn3c(C)c(C)sc3=NC(=O)c3cccc(C(F)(F)F)c3)cc2)CC1. The summed E-state index contributed by atoms with van der Waals surface area (Å²) < 4.78 is 41.1. The molecule has 1 aromatic heterocycles. The second kappa shape index (κ2) is 11.0. The van der Waals surface area contributed by atoms with Gasteiger partial charge in [0, 0.05) is 47.9 Å². The van der Waals surface area contributed by atoms with E-state index in [-0.39, 0.29) is 11.5 Å². The molecule has 0 saturated carbocycles. The Labute approximate surface area is 217 Å². The van der Waals surface area contributed by atoms with Crippen LogP contribution >= 0.6 is 11.3 Å². The minimum absolute atomic E-state index is 0.0138. The number of rotatable bonds is 5. The second-order valence-corrected chi connectivity index (χ2v) is 10.2.